The van der Waals surface area contributed by atoms with Crippen LogP contribution >= 0.6 is 0 Å². The molecule has 15 heavy (non-hydrogen) atoms. The van der Waals surface area contributed by atoms with Crippen molar-refractivity contribution < 1.29 is 4.74 Å². The van der Waals surface area contributed by atoms with Crippen molar-refractivity contribution >= 4 is 0 Å². The Balaban J connectivity index is 3.02. The van der Waals surface area contributed by atoms with Gasteiger partial charge < -0.3 is 4.74 Å². The normalized spacial score (nSPS) is 11.7. The molecule has 0 N–H and O–H groups in total. The van der Waals surface area contributed by atoms with Crippen molar-refractivity contribution in [1.29, 1.82) is 0 Å². The fraction of sp³-hybridized carbons (Fsp3) is 0.857. The van der Waals surface area contributed by atoms with Crippen LogP contribution in [0.15, 0.2) is 12.7 Å². The Morgan fingerprint density at radius 1 is 0.933 bits per heavy atom. The van der Waals surface area contributed by atoms with Gasteiger partial charge in [0.15, 0.2) is 0 Å². The van der Waals surface area contributed by atoms with E-state index in [2.05, 4.69) is 27.4 Å². The van der Waals surface area contributed by atoms with Crippen molar-refractivity contribution in [2.24, 2.45) is 0 Å². The van der Waals surface area contributed by atoms with Crippen LogP contribution in [0.1, 0.15) is 65.7 Å². The van der Waals surface area contributed by atoms with Crippen molar-refractivity contribution in [2.75, 3.05) is 6.61 Å². The Kier molecular flexibility index (Phi) is 8.79. The third-order valence-corrected chi connectivity index (χ3v) is 2.34. The number of hydrogen-bond donors (Lipinski definition) is 0. The second-order valence-electron chi connectivity index (χ2n) is 5.16. The molecule has 0 spiro atoms. The molecule has 0 aromatic heterocycles. The second kappa shape index (κ2) is 8.96. The summed E-state index contributed by atoms with van der Waals surface area (Å²) in [6.07, 6.45) is 11.1. The van der Waals surface area contributed by atoms with E-state index in [-0.39, 0.29) is 5.60 Å². The summed E-state index contributed by atoms with van der Waals surface area (Å²) in [7, 11) is 0. The summed E-state index contributed by atoms with van der Waals surface area (Å²) in [5.74, 6) is 0. The van der Waals surface area contributed by atoms with Crippen LogP contribution in [-0.4, -0.2) is 12.2 Å². The molecule has 0 atom stereocenters. The summed E-state index contributed by atoms with van der Waals surface area (Å²) < 4.78 is 5.66. The molecule has 0 saturated heterocycles. The molecule has 0 fully saturated rings. The zero-order valence-electron chi connectivity index (χ0n) is 10.8. The van der Waals surface area contributed by atoms with Crippen LogP contribution in [0.2, 0.25) is 0 Å². The van der Waals surface area contributed by atoms with Crippen LogP contribution in [0.4, 0.5) is 0 Å². The van der Waals surface area contributed by atoms with Gasteiger partial charge in [-0.15, -0.1) is 6.58 Å². The zero-order valence-corrected chi connectivity index (χ0v) is 10.8. The van der Waals surface area contributed by atoms with E-state index in [1.165, 1.54) is 44.9 Å². The second-order valence-corrected chi connectivity index (χ2v) is 5.16. The number of rotatable bonds is 9. The molecule has 0 unspecified atom stereocenters. The predicted octanol–water partition coefficient (Wildman–Crippen LogP) is 4.72. The molecule has 0 aliphatic heterocycles. The zero-order chi connectivity index (χ0) is 11.6. The molecular formula is C14H28O. The summed E-state index contributed by atoms with van der Waals surface area (Å²) in [4.78, 5) is 0. The fourth-order valence-electron chi connectivity index (χ4n) is 1.48. The Hall–Kier alpha value is -0.300. The highest BCUT2D eigenvalue weighted by Crippen LogP contribution is 2.10. The van der Waals surface area contributed by atoms with E-state index in [0.717, 1.165) is 6.61 Å². The van der Waals surface area contributed by atoms with Crippen LogP contribution in [-0.2, 0) is 4.74 Å². The Labute approximate surface area is 95.9 Å². The van der Waals surface area contributed by atoms with Gasteiger partial charge in [0, 0.05) is 6.61 Å². The van der Waals surface area contributed by atoms with Gasteiger partial charge in [-0.3, -0.25) is 0 Å². The lowest BCUT2D eigenvalue weighted by atomic mass is 10.1. The summed E-state index contributed by atoms with van der Waals surface area (Å²) in [5.41, 5.74) is 0.0317. The topological polar surface area (TPSA) is 9.23 Å². The van der Waals surface area contributed by atoms with Gasteiger partial charge in [0.2, 0.25) is 0 Å². The van der Waals surface area contributed by atoms with Crippen LogP contribution in [0, 0.1) is 0 Å². The SMILES string of the molecule is C=CCCCCCCCCOC(C)(C)C. The first-order valence-electron chi connectivity index (χ1n) is 6.31. The third kappa shape index (κ3) is 13.7. The molecule has 0 amide bonds. The van der Waals surface area contributed by atoms with Crippen molar-refractivity contribution in [3.05, 3.63) is 12.7 Å². The quantitative estimate of drug-likeness (QED) is 0.397. The average molecular weight is 212 g/mol. The third-order valence-electron chi connectivity index (χ3n) is 2.34. The van der Waals surface area contributed by atoms with Crippen LogP contribution in [0.5, 0.6) is 0 Å². The molecule has 1 heteroatoms. The average Bonchev–Trinajstić information content (AvgIpc) is 2.14. The van der Waals surface area contributed by atoms with Gasteiger partial charge in [0.25, 0.3) is 0 Å². The monoisotopic (exact) mass is 212 g/mol. The number of hydrogen-bond acceptors (Lipinski definition) is 1. The first kappa shape index (κ1) is 14.7. The van der Waals surface area contributed by atoms with Gasteiger partial charge in [0.05, 0.1) is 5.60 Å². The van der Waals surface area contributed by atoms with Gasteiger partial charge in [-0.2, -0.15) is 0 Å². The first-order chi connectivity index (χ1) is 7.06. The van der Waals surface area contributed by atoms with E-state index in [1.54, 1.807) is 0 Å². The number of allylic oxidation sites excluding steroid dienone is 1. The molecule has 0 radical (unpaired) electrons. The number of ether oxygens (including phenoxy) is 1. The van der Waals surface area contributed by atoms with Gasteiger partial charge in [-0.25, -0.2) is 0 Å². The van der Waals surface area contributed by atoms with E-state index in [9.17, 15) is 0 Å². The highest BCUT2D eigenvalue weighted by atomic mass is 16.5. The maximum atomic E-state index is 5.66. The summed E-state index contributed by atoms with van der Waals surface area (Å²) in [6.45, 7) is 11.0. The van der Waals surface area contributed by atoms with Crippen molar-refractivity contribution in [3.63, 3.8) is 0 Å². The van der Waals surface area contributed by atoms with Crippen LogP contribution < -0.4 is 0 Å². The van der Waals surface area contributed by atoms with E-state index >= 15 is 0 Å². The summed E-state index contributed by atoms with van der Waals surface area (Å²) in [6, 6.07) is 0. The summed E-state index contributed by atoms with van der Waals surface area (Å²) >= 11 is 0. The largest absolute Gasteiger partial charge is 0.376 e. The van der Waals surface area contributed by atoms with E-state index in [1.807, 2.05) is 6.08 Å². The van der Waals surface area contributed by atoms with Crippen LogP contribution in [0.25, 0.3) is 0 Å². The molecule has 0 aliphatic rings. The summed E-state index contributed by atoms with van der Waals surface area (Å²) in [5, 5.41) is 0. The standard InChI is InChI=1S/C14H28O/c1-5-6-7-8-9-10-11-12-13-15-14(2,3)4/h5H,1,6-13H2,2-4H3. The maximum Gasteiger partial charge on any atom is 0.0598 e. The van der Waals surface area contributed by atoms with Gasteiger partial charge in [0.1, 0.15) is 0 Å². The number of unbranched alkanes of at least 4 members (excludes halogenated alkanes) is 6. The molecule has 0 heterocycles. The molecule has 0 bridgehead atoms. The maximum absolute atomic E-state index is 5.66. The molecule has 0 aromatic carbocycles. The molecule has 90 valence electrons. The predicted molar refractivity (Wildman–Crippen MR) is 68.2 cm³/mol. The van der Waals surface area contributed by atoms with Gasteiger partial charge in [-0.05, 0) is 40.0 Å². The molecule has 0 rings (SSSR count). The Morgan fingerprint density at radius 3 is 2.00 bits per heavy atom. The lowest BCUT2D eigenvalue weighted by Gasteiger charge is -2.19. The molecule has 0 aromatic rings. The van der Waals surface area contributed by atoms with Gasteiger partial charge >= 0.3 is 0 Å². The van der Waals surface area contributed by atoms with Crippen molar-refractivity contribution in [1.82, 2.24) is 0 Å². The first-order valence-corrected chi connectivity index (χ1v) is 6.31. The lowest BCUT2D eigenvalue weighted by molar-refractivity contribution is -0.00474. The highest BCUT2D eigenvalue weighted by molar-refractivity contribution is 4.65. The van der Waals surface area contributed by atoms with Crippen molar-refractivity contribution in [3.8, 4) is 0 Å². The Bertz CT molecular complexity index is 144. The van der Waals surface area contributed by atoms with E-state index in [0.29, 0.717) is 0 Å². The van der Waals surface area contributed by atoms with Gasteiger partial charge in [-0.1, -0.05) is 31.8 Å². The molecule has 0 saturated carbocycles. The minimum atomic E-state index is 0.0317. The van der Waals surface area contributed by atoms with Crippen LogP contribution in [0.3, 0.4) is 0 Å². The Morgan fingerprint density at radius 2 is 1.47 bits per heavy atom. The molecule has 1 nitrogen and oxygen atoms in total. The van der Waals surface area contributed by atoms with Crippen molar-refractivity contribution in [2.45, 2.75) is 71.3 Å². The van der Waals surface area contributed by atoms with E-state index < -0.39 is 0 Å². The highest BCUT2D eigenvalue weighted by Gasteiger charge is 2.08. The fourth-order valence-corrected chi connectivity index (χ4v) is 1.48. The lowest BCUT2D eigenvalue weighted by Crippen LogP contribution is -2.19. The minimum absolute atomic E-state index is 0.0317. The molecular weight excluding hydrogens is 184 g/mol. The van der Waals surface area contributed by atoms with E-state index in [4.69, 9.17) is 4.74 Å². The minimum Gasteiger partial charge on any atom is -0.376 e. The smallest absolute Gasteiger partial charge is 0.0598 e. The molecule has 0 aliphatic carbocycles.